The van der Waals surface area contributed by atoms with Crippen LogP contribution in [0.3, 0.4) is 0 Å². The minimum Gasteiger partial charge on any atom is -0.353 e. The smallest absolute Gasteiger partial charge is 0.243 e. The highest BCUT2D eigenvalue weighted by molar-refractivity contribution is 7.99. The molecule has 0 aliphatic heterocycles. The van der Waals surface area contributed by atoms with E-state index in [1.807, 2.05) is 24.3 Å². The number of carbonyl (C=O) groups excluding carboxylic acids is 1. The molecular weight excluding hydrogens is 392 g/mol. The second-order valence-electron chi connectivity index (χ2n) is 5.66. The average Bonchev–Trinajstić information content (AvgIpc) is 2.60. The molecular formula is C18H21ClN2O3S2. The minimum atomic E-state index is -3.59. The average molecular weight is 413 g/mol. The number of benzene rings is 2. The minimum absolute atomic E-state index is 0.337. The van der Waals surface area contributed by atoms with Gasteiger partial charge in [-0.05, 0) is 43.3 Å². The van der Waals surface area contributed by atoms with E-state index in [2.05, 4.69) is 5.32 Å². The third-order valence-corrected chi connectivity index (χ3v) is 6.09. The number of sulfonamides is 1. The molecule has 0 heterocycles. The Labute approximate surface area is 163 Å². The first-order valence-corrected chi connectivity index (χ1v) is 11.2. The number of nitrogens with zero attached hydrogens (tertiary/aromatic N) is 1. The van der Waals surface area contributed by atoms with E-state index in [9.17, 15) is 13.2 Å². The summed E-state index contributed by atoms with van der Waals surface area (Å²) in [4.78, 5) is 13.5. The van der Waals surface area contributed by atoms with Crippen LogP contribution in [0.25, 0.3) is 0 Å². The molecule has 1 N–H and O–H groups in total. The van der Waals surface area contributed by atoms with Crippen molar-refractivity contribution in [1.29, 1.82) is 0 Å². The van der Waals surface area contributed by atoms with Crippen LogP contribution in [0, 0.1) is 0 Å². The third kappa shape index (κ3) is 5.93. The molecule has 8 heteroatoms. The lowest BCUT2D eigenvalue weighted by atomic mass is 10.2. The maximum absolute atomic E-state index is 12.4. The molecule has 2 aromatic carbocycles. The second kappa shape index (κ2) is 9.30. The molecule has 0 aliphatic carbocycles. The van der Waals surface area contributed by atoms with Crippen molar-refractivity contribution in [3.8, 4) is 0 Å². The number of hydrogen-bond donors (Lipinski definition) is 1. The van der Waals surface area contributed by atoms with Gasteiger partial charge < -0.3 is 5.32 Å². The molecule has 2 aromatic rings. The van der Waals surface area contributed by atoms with Crippen molar-refractivity contribution in [1.82, 2.24) is 5.32 Å². The molecule has 2 rings (SSSR count). The van der Waals surface area contributed by atoms with Gasteiger partial charge in [-0.2, -0.15) is 0 Å². The lowest BCUT2D eigenvalue weighted by Crippen LogP contribution is -2.48. The fourth-order valence-electron chi connectivity index (χ4n) is 2.41. The third-order valence-electron chi connectivity index (χ3n) is 3.58. The predicted molar refractivity (Wildman–Crippen MR) is 108 cm³/mol. The van der Waals surface area contributed by atoms with Gasteiger partial charge in [-0.15, -0.1) is 11.8 Å². The molecule has 1 atom stereocenters. The number of hydrogen-bond acceptors (Lipinski definition) is 4. The van der Waals surface area contributed by atoms with Crippen LogP contribution in [0.4, 0.5) is 5.69 Å². The van der Waals surface area contributed by atoms with Gasteiger partial charge in [0.25, 0.3) is 0 Å². The van der Waals surface area contributed by atoms with E-state index >= 15 is 0 Å². The van der Waals surface area contributed by atoms with Gasteiger partial charge in [-0.1, -0.05) is 29.8 Å². The Hall–Kier alpha value is -1.70. The van der Waals surface area contributed by atoms with Crippen LogP contribution in [0.1, 0.15) is 6.92 Å². The molecule has 0 unspecified atom stereocenters. The molecule has 140 valence electrons. The van der Waals surface area contributed by atoms with Crippen LogP contribution in [-0.2, 0) is 14.8 Å². The molecule has 0 radical (unpaired) electrons. The molecule has 1 amide bonds. The van der Waals surface area contributed by atoms with Gasteiger partial charge in [0.05, 0.1) is 11.9 Å². The van der Waals surface area contributed by atoms with E-state index in [1.54, 1.807) is 49.0 Å². The standard InChI is InChI=1S/C18H21ClN2O3S2/c1-14(21(26(2,23)24)16-6-4-3-5-7-16)18(22)20-12-13-25-17-10-8-15(19)9-11-17/h3-11,14H,12-13H2,1-2H3,(H,20,22)/t14-/m1/s1. The molecule has 0 saturated heterocycles. The Morgan fingerprint density at radius 1 is 1.15 bits per heavy atom. The lowest BCUT2D eigenvalue weighted by Gasteiger charge is -2.28. The zero-order valence-corrected chi connectivity index (χ0v) is 16.9. The summed E-state index contributed by atoms with van der Waals surface area (Å²) in [5.41, 5.74) is 0.466. The van der Waals surface area contributed by atoms with Gasteiger partial charge in [0.1, 0.15) is 6.04 Å². The summed E-state index contributed by atoms with van der Waals surface area (Å²) < 4.78 is 25.4. The highest BCUT2D eigenvalue weighted by atomic mass is 35.5. The van der Waals surface area contributed by atoms with E-state index in [0.29, 0.717) is 23.0 Å². The summed E-state index contributed by atoms with van der Waals surface area (Å²) in [6, 6.07) is 15.2. The fourth-order valence-corrected chi connectivity index (χ4v) is 4.47. The molecule has 0 aliphatic rings. The molecule has 0 bridgehead atoms. The molecule has 0 aromatic heterocycles. The van der Waals surface area contributed by atoms with Crippen LogP contribution in [0.5, 0.6) is 0 Å². The van der Waals surface area contributed by atoms with Crippen molar-refractivity contribution >= 4 is 45.0 Å². The largest absolute Gasteiger partial charge is 0.353 e. The van der Waals surface area contributed by atoms with Gasteiger partial charge in [0.15, 0.2) is 0 Å². The summed E-state index contributed by atoms with van der Waals surface area (Å²) in [7, 11) is -3.59. The maximum Gasteiger partial charge on any atom is 0.243 e. The first-order valence-electron chi connectivity index (χ1n) is 7.99. The van der Waals surface area contributed by atoms with Gasteiger partial charge in [0, 0.05) is 22.2 Å². The first-order chi connectivity index (χ1) is 12.3. The molecule has 0 spiro atoms. The van der Waals surface area contributed by atoms with Crippen molar-refractivity contribution < 1.29 is 13.2 Å². The van der Waals surface area contributed by atoms with Crippen LogP contribution < -0.4 is 9.62 Å². The van der Waals surface area contributed by atoms with Gasteiger partial charge in [0.2, 0.25) is 15.9 Å². The van der Waals surface area contributed by atoms with Crippen molar-refractivity contribution in [2.45, 2.75) is 17.9 Å². The van der Waals surface area contributed by atoms with E-state index < -0.39 is 16.1 Å². The lowest BCUT2D eigenvalue weighted by molar-refractivity contribution is -0.121. The summed E-state index contributed by atoms with van der Waals surface area (Å²) >= 11 is 7.43. The number of rotatable bonds is 8. The predicted octanol–water partition coefficient (Wildman–Crippen LogP) is 3.40. The zero-order chi connectivity index (χ0) is 19.2. The van der Waals surface area contributed by atoms with Gasteiger partial charge in [-0.3, -0.25) is 9.10 Å². The highest BCUT2D eigenvalue weighted by Crippen LogP contribution is 2.21. The summed E-state index contributed by atoms with van der Waals surface area (Å²) in [5.74, 6) is 0.334. The molecule has 0 fully saturated rings. The van der Waals surface area contributed by atoms with Crippen molar-refractivity contribution in [3.05, 3.63) is 59.6 Å². The number of nitrogens with one attached hydrogen (secondary N) is 1. The van der Waals surface area contributed by atoms with Crippen LogP contribution >= 0.6 is 23.4 Å². The first kappa shape index (κ1) is 20.6. The SMILES string of the molecule is C[C@H](C(=O)NCCSc1ccc(Cl)cc1)N(c1ccccc1)S(C)(=O)=O. The zero-order valence-electron chi connectivity index (χ0n) is 14.6. The number of anilines is 1. The molecule has 0 saturated carbocycles. The Bertz CT molecular complexity index is 827. The van der Waals surface area contributed by atoms with E-state index in [-0.39, 0.29) is 5.91 Å². The van der Waals surface area contributed by atoms with Crippen LogP contribution in [0.15, 0.2) is 59.5 Å². The molecule has 26 heavy (non-hydrogen) atoms. The topological polar surface area (TPSA) is 66.5 Å². The van der Waals surface area contributed by atoms with Gasteiger partial charge in [-0.25, -0.2) is 8.42 Å². The monoisotopic (exact) mass is 412 g/mol. The van der Waals surface area contributed by atoms with E-state index in [0.717, 1.165) is 15.5 Å². The second-order valence-corrected chi connectivity index (χ2v) is 9.13. The Balaban J connectivity index is 1.93. The Kier molecular flexibility index (Phi) is 7.37. The van der Waals surface area contributed by atoms with E-state index in [4.69, 9.17) is 11.6 Å². The number of halogens is 1. The number of amides is 1. The summed E-state index contributed by atoms with van der Waals surface area (Å²) in [6.45, 7) is 2.01. The van der Waals surface area contributed by atoms with Crippen LogP contribution in [0.2, 0.25) is 5.02 Å². The quantitative estimate of drug-likeness (QED) is 0.533. The maximum atomic E-state index is 12.4. The number of thioether (sulfide) groups is 1. The van der Waals surface area contributed by atoms with E-state index in [1.165, 1.54) is 0 Å². The summed E-state index contributed by atoms with van der Waals surface area (Å²) in [6.07, 6.45) is 1.10. The Morgan fingerprint density at radius 3 is 2.35 bits per heavy atom. The van der Waals surface area contributed by atoms with Gasteiger partial charge >= 0.3 is 0 Å². The van der Waals surface area contributed by atoms with Crippen LogP contribution in [-0.4, -0.2) is 38.9 Å². The fraction of sp³-hybridized carbons (Fsp3) is 0.278. The molecule has 5 nitrogen and oxygen atoms in total. The highest BCUT2D eigenvalue weighted by Gasteiger charge is 2.28. The van der Waals surface area contributed by atoms with Crippen molar-refractivity contribution in [2.24, 2.45) is 0 Å². The van der Waals surface area contributed by atoms with Crippen molar-refractivity contribution in [2.75, 3.05) is 22.9 Å². The summed E-state index contributed by atoms with van der Waals surface area (Å²) in [5, 5.41) is 3.47. The Morgan fingerprint density at radius 2 is 1.77 bits per heavy atom. The number of carbonyl (C=O) groups is 1. The van der Waals surface area contributed by atoms with Crippen molar-refractivity contribution in [3.63, 3.8) is 0 Å². The normalized spacial score (nSPS) is 12.4. The number of para-hydroxylation sites is 1.